The van der Waals surface area contributed by atoms with Crippen LogP contribution in [0.3, 0.4) is 0 Å². The summed E-state index contributed by atoms with van der Waals surface area (Å²) < 4.78 is 0. The summed E-state index contributed by atoms with van der Waals surface area (Å²) in [6.07, 6.45) is 6.36. The highest BCUT2D eigenvalue weighted by Gasteiger charge is 2.28. The lowest BCUT2D eigenvalue weighted by atomic mass is 10.0. The Hall–Kier alpha value is -4.86. The maximum Gasteiger partial charge on any atom is 0.326 e. The minimum absolute atomic E-state index is 0.0147. The Morgan fingerprint density at radius 1 is 0.944 bits per heavy atom. The molecule has 0 bridgehead atoms. The van der Waals surface area contributed by atoms with Gasteiger partial charge in [-0.3, -0.25) is 24.4 Å². The number of nitrogens with one attached hydrogen (secondary N) is 2. The van der Waals surface area contributed by atoms with Gasteiger partial charge in [-0.2, -0.15) is 0 Å². The standard InChI is InChI=1S/C26H23N5O5/c1-31(15-17-4-2-10-27-13-17)22-21(23(32)24(22)33)30-20(26(35)36)12-16-6-8-19(9-7-16)29-25(34)18-5-3-11-28-14-18/h2-11,13-14,20,30H,12,15H2,1H3,(H,29,34)(H,35,36)/t20-/m0/s1. The molecule has 2 aromatic heterocycles. The van der Waals surface area contributed by atoms with Crippen LogP contribution in [0.25, 0.3) is 0 Å². The zero-order valence-electron chi connectivity index (χ0n) is 19.3. The Bertz CT molecular complexity index is 1430. The minimum Gasteiger partial charge on any atom is -0.480 e. The summed E-state index contributed by atoms with van der Waals surface area (Å²) in [5.41, 5.74) is 1.16. The zero-order valence-corrected chi connectivity index (χ0v) is 19.3. The van der Waals surface area contributed by atoms with Gasteiger partial charge in [0.2, 0.25) is 0 Å². The van der Waals surface area contributed by atoms with Gasteiger partial charge in [0.05, 0.1) is 5.56 Å². The quantitative estimate of drug-likeness (QED) is 0.288. The van der Waals surface area contributed by atoms with E-state index < -0.39 is 22.9 Å². The van der Waals surface area contributed by atoms with Gasteiger partial charge in [0.15, 0.2) is 0 Å². The maximum atomic E-state index is 12.3. The van der Waals surface area contributed by atoms with Crippen LogP contribution in [-0.2, 0) is 17.8 Å². The molecule has 0 aliphatic rings. The monoisotopic (exact) mass is 485 g/mol. The van der Waals surface area contributed by atoms with Crippen molar-refractivity contribution < 1.29 is 14.7 Å². The molecule has 0 saturated heterocycles. The predicted molar refractivity (Wildman–Crippen MR) is 135 cm³/mol. The normalized spacial score (nSPS) is 11.6. The van der Waals surface area contributed by atoms with Crippen LogP contribution in [0.4, 0.5) is 17.1 Å². The van der Waals surface area contributed by atoms with Crippen molar-refractivity contribution in [1.29, 1.82) is 0 Å². The fourth-order valence-electron chi connectivity index (χ4n) is 3.76. The van der Waals surface area contributed by atoms with Gasteiger partial charge in [-0.1, -0.05) is 18.2 Å². The molecule has 4 rings (SSSR count). The number of hydrogen-bond donors (Lipinski definition) is 3. The molecule has 0 radical (unpaired) electrons. The van der Waals surface area contributed by atoms with Crippen LogP contribution in [0.15, 0.2) is 82.9 Å². The number of carboxylic acid groups (broad SMARTS) is 1. The molecule has 2 aromatic carbocycles. The van der Waals surface area contributed by atoms with Gasteiger partial charge in [-0.25, -0.2) is 4.79 Å². The summed E-state index contributed by atoms with van der Waals surface area (Å²) in [7, 11) is 1.66. The molecular weight excluding hydrogens is 462 g/mol. The first-order valence-corrected chi connectivity index (χ1v) is 11.1. The van der Waals surface area contributed by atoms with Crippen LogP contribution >= 0.6 is 0 Å². The molecule has 0 saturated carbocycles. The second-order valence-electron chi connectivity index (χ2n) is 8.23. The highest BCUT2D eigenvalue weighted by Crippen LogP contribution is 2.23. The average molecular weight is 486 g/mol. The van der Waals surface area contributed by atoms with E-state index in [0.717, 1.165) is 5.56 Å². The van der Waals surface area contributed by atoms with Crippen molar-refractivity contribution in [2.75, 3.05) is 22.6 Å². The number of nitrogens with zero attached hydrogens (tertiary/aromatic N) is 3. The molecule has 1 atom stereocenters. The Labute approximate surface area is 206 Å². The Balaban J connectivity index is 1.44. The van der Waals surface area contributed by atoms with E-state index in [0.29, 0.717) is 23.4 Å². The van der Waals surface area contributed by atoms with Crippen LogP contribution in [0.1, 0.15) is 21.5 Å². The summed E-state index contributed by atoms with van der Waals surface area (Å²) in [4.78, 5) is 58.3. The van der Waals surface area contributed by atoms with E-state index in [2.05, 4.69) is 20.6 Å². The van der Waals surface area contributed by atoms with Crippen molar-refractivity contribution in [3.63, 3.8) is 0 Å². The van der Waals surface area contributed by atoms with E-state index in [-0.39, 0.29) is 23.7 Å². The molecule has 182 valence electrons. The van der Waals surface area contributed by atoms with Crippen LogP contribution < -0.4 is 26.4 Å². The molecule has 3 N–H and O–H groups in total. The van der Waals surface area contributed by atoms with Gasteiger partial charge in [0, 0.05) is 50.5 Å². The first-order chi connectivity index (χ1) is 17.3. The number of carbonyl (C=O) groups excluding carboxylic acids is 1. The van der Waals surface area contributed by atoms with Crippen LogP contribution in [0, 0.1) is 0 Å². The molecule has 10 heteroatoms. The van der Waals surface area contributed by atoms with E-state index in [1.807, 2.05) is 6.07 Å². The number of carbonyl (C=O) groups is 2. The van der Waals surface area contributed by atoms with Gasteiger partial charge in [-0.15, -0.1) is 0 Å². The summed E-state index contributed by atoms with van der Waals surface area (Å²) in [5.74, 6) is -1.48. The van der Waals surface area contributed by atoms with E-state index in [1.54, 1.807) is 73.0 Å². The lowest BCUT2D eigenvalue weighted by Gasteiger charge is -2.25. The Kier molecular flexibility index (Phi) is 7.15. The molecule has 10 nitrogen and oxygen atoms in total. The first kappa shape index (κ1) is 24.3. The summed E-state index contributed by atoms with van der Waals surface area (Å²) >= 11 is 0. The largest absolute Gasteiger partial charge is 0.480 e. The summed E-state index contributed by atoms with van der Waals surface area (Å²) in [6.45, 7) is 0.331. The number of benzene rings is 1. The van der Waals surface area contributed by atoms with Crippen molar-refractivity contribution in [2.45, 2.75) is 19.0 Å². The average Bonchev–Trinajstić information content (AvgIpc) is 2.89. The lowest BCUT2D eigenvalue weighted by molar-refractivity contribution is -0.137. The highest BCUT2D eigenvalue weighted by molar-refractivity contribution is 6.04. The molecule has 4 aromatic rings. The Morgan fingerprint density at radius 2 is 1.64 bits per heavy atom. The lowest BCUT2D eigenvalue weighted by Crippen LogP contribution is -2.44. The number of anilines is 3. The SMILES string of the molecule is CN(Cc1cccnc1)c1c(N[C@@H](Cc2ccc(NC(=O)c3cccnc3)cc2)C(=O)O)c(=O)c1=O. The second kappa shape index (κ2) is 10.6. The molecule has 36 heavy (non-hydrogen) atoms. The van der Waals surface area contributed by atoms with Crippen molar-refractivity contribution in [3.05, 3.63) is 110 Å². The number of carboxylic acids is 1. The molecule has 0 unspecified atom stereocenters. The summed E-state index contributed by atoms with van der Waals surface area (Å²) in [5, 5.41) is 15.2. The molecule has 0 aliphatic heterocycles. The van der Waals surface area contributed by atoms with Crippen molar-refractivity contribution >= 4 is 28.9 Å². The maximum absolute atomic E-state index is 12.3. The molecule has 0 aliphatic carbocycles. The Morgan fingerprint density at radius 3 is 2.25 bits per heavy atom. The molecular formula is C26H23N5O5. The number of rotatable bonds is 10. The smallest absolute Gasteiger partial charge is 0.326 e. The molecule has 2 heterocycles. The van der Waals surface area contributed by atoms with Crippen LogP contribution in [0.2, 0.25) is 0 Å². The molecule has 0 fully saturated rings. The fraction of sp³-hybridized carbons (Fsp3) is 0.154. The molecule has 0 spiro atoms. The third kappa shape index (κ3) is 5.44. The fourth-order valence-corrected chi connectivity index (χ4v) is 3.76. The minimum atomic E-state index is -1.17. The molecule has 1 amide bonds. The van der Waals surface area contributed by atoms with Gasteiger partial charge < -0.3 is 20.6 Å². The van der Waals surface area contributed by atoms with Gasteiger partial charge in [0.25, 0.3) is 16.8 Å². The second-order valence-corrected chi connectivity index (χ2v) is 8.23. The van der Waals surface area contributed by atoms with E-state index in [4.69, 9.17) is 0 Å². The number of amides is 1. The predicted octanol–water partition coefficient (Wildman–Crippen LogP) is 2.07. The number of pyridine rings is 2. The number of aromatic nitrogens is 2. The van der Waals surface area contributed by atoms with Crippen molar-refractivity contribution in [2.24, 2.45) is 0 Å². The third-order valence-corrected chi connectivity index (χ3v) is 5.60. The number of aliphatic carboxylic acids is 1. The highest BCUT2D eigenvalue weighted by atomic mass is 16.4. The first-order valence-electron chi connectivity index (χ1n) is 11.1. The number of hydrogen-bond acceptors (Lipinski definition) is 8. The summed E-state index contributed by atoms with van der Waals surface area (Å²) in [6, 6.07) is 12.5. The van der Waals surface area contributed by atoms with Crippen molar-refractivity contribution in [1.82, 2.24) is 9.97 Å². The van der Waals surface area contributed by atoms with Gasteiger partial charge in [-0.05, 0) is 41.5 Å². The van der Waals surface area contributed by atoms with Crippen LogP contribution in [-0.4, -0.2) is 40.0 Å². The van der Waals surface area contributed by atoms with E-state index in [1.165, 1.54) is 6.20 Å². The van der Waals surface area contributed by atoms with E-state index in [9.17, 15) is 24.3 Å². The van der Waals surface area contributed by atoms with Crippen molar-refractivity contribution in [3.8, 4) is 0 Å². The topological polar surface area (TPSA) is 142 Å². The van der Waals surface area contributed by atoms with Gasteiger partial charge in [0.1, 0.15) is 17.4 Å². The van der Waals surface area contributed by atoms with Crippen LogP contribution in [0.5, 0.6) is 0 Å². The third-order valence-electron chi connectivity index (χ3n) is 5.60. The van der Waals surface area contributed by atoms with E-state index >= 15 is 0 Å². The zero-order chi connectivity index (χ0) is 25.7. The van der Waals surface area contributed by atoms with Gasteiger partial charge >= 0.3 is 5.97 Å².